The van der Waals surface area contributed by atoms with Gasteiger partial charge in [0.25, 0.3) is 5.91 Å². The van der Waals surface area contributed by atoms with E-state index in [2.05, 4.69) is 15.2 Å². The van der Waals surface area contributed by atoms with E-state index in [-0.39, 0.29) is 17.9 Å². The van der Waals surface area contributed by atoms with Crippen LogP contribution in [0.2, 0.25) is 0 Å². The Hall–Kier alpha value is -1.89. The number of aryl methyl sites for hydroxylation is 2. The summed E-state index contributed by atoms with van der Waals surface area (Å²) in [6, 6.07) is 0.119. The Kier molecular flexibility index (Phi) is 6.36. The molecular weight excluding hydrogens is 308 g/mol. The zero-order valence-corrected chi connectivity index (χ0v) is 15.1. The molecule has 1 N–H and O–H groups in total. The minimum atomic E-state index is -0.179. The van der Waals surface area contributed by atoms with Crippen LogP contribution in [0.1, 0.15) is 48.8 Å². The fourth-order valence-electron chi connectivity index (χ4n) is 3.10. The van der Waals surface area contributed by atoms with Gasteiger partial charge in [0.05, 0.1) is 6.54 Å². The molecule has 0 aliphatic carbocycles. The van der Waals surface area contributed by atoms with Gasteiger partial charge in [0.2, 0.25) is 5.91 Å². The average Bonchev–Trinajstić information content (AvgIpc) is 2.89. The lowest BCUT2D eigenvalue weighted by Crippen LogP contribution is -2.48. The number of aromatic nitrogens is 1. The molecule has 1 aromatic heterocycles. The summed E-state index contributed by atoms with van der Waals surface area (Å²) in [6.45, 7) is 11.1. The van der Waals surface area contributed by atoms with Gasteiger partial charge in [-0.1, -0.05) is 0 Å². The van der Waals surface area contributed by atoms with E-state index >= 15 is 0 Å². The Morgan fingerprint density at radius 1 is 1.25 bits per heavy atom. The summed E-state index contributed by atoms with van der Waals surface area (Å²) < 4.78 is 5.31. The van der Waals surface area contributed by atoms with Gasteiger partial charge in [-0.2, -0.15) is 0 Å². The minimum absolute atomic E-state index is 0.119. The van der Waals surface area contributed by atoms with Gasteiger partial charge in [-0.05, 0) is 33.6 Å². The highest BCUT2D eigenvalue weighted by molar-refractivity contribution is 5.93. The molecule has 7 nitrogen and oxygen atoms in total. The van der Waals surface area contributed by atoms with Crippen molar-refractivity contribution >= 4 is 11.8 Å². The zero-order valence-electron chi connectivity index (χ0n) is 15.1. The molecule has 0 aromatic carbocycles. The standard InChI is InChI=1S/C17H28N4O3/c1-5-21(6-2)15(22)11-20-9-7-14(8-10-20)19-17(23)16-12(3)24-13(4)18-16/h14H,5-11H2,1-4H3,(H,19,23). The van der Waals surface area contributed by atoms with Crippen molar-refractivity contribution in [1.82, 2.24) is 20.1 Å². The summed E-state index contributed by atoms with van der Waals surface area (Å²) in [5.41, 5.74) is 0.367. The van der Waals surface area contributed by atoms with Crippen LogP contribution >= 0.6 is 0 Å². The quantitative estimate of drug-likeness (QED) is 0.848. The van der Waals surface area contributed by atoms with Gasteiger partial charge in [-0.25, -0.2) is 4.98 Å². The maximum atomic E-state index is 12.3. The van der Waals surface area contributed by atoms with E-state index in [9.17, 15) is 9.59 Å². The molecule has 1 aromatic rings. The molecule has 0 bridgehead atoms. The van der Waals surface area contributed by atoms with Crippen molar-refractivity contribution in [3.63, 3.8) is 0 Å². The number of likely N-dealkylation sites (N-methyl/N-ethyl adjacent to an activating group) is 1. The molecule has 24 heavy (non-hydrogen) atoms. The number of likely N-dealkylation sites (tertiary alicyclic amines) is 1. The second kappa shape index (κ2) is 8.28. The van der Waals surface area contributed by atoms with Gasteiger partial charge in [0.1, 0.15) is 5.76 Å². The van der Waals surface area contributed by atoms with Crippen LogP contribution in [0.15, 0.2) is 4.42 Å². The summed E-state index contributed by atoms with van der Waals surface area (Å²) in [7, 11) is 0. The third-order valence-electron chi connectivity index (χ3n) is 4.52. The number of piperidine rings is 1. The van der Waals surface area contributed by atoms with Gasteiger partial charge in [0, 0.05) is 39.1 Å². The van der Waals surface area contributed by atoms with Crippen LogP contribution in [-0.2, 0) is 4.79 Å². The number of nitrogens with zero attached hydrogens (tertiary/aromatic N) is 3. The van der Waals surface area contributed by atoms with Crippen LogP contribution < -0.4 is 5.32 Å². The summed E-state index contributed by atoms with van der Waals surface area (Å²) in [4.78, 5) is 32.6. The topological polar surface area (TPSA) is 78.7 Å². The predicted molar refractivity (Wildman–Crippen MR) is 90.8 cm³/mol. The molecule has 2 heterocycles. The van der Waals surface area contributed by atoms with Crippen molar-refractivity contribution in [3.05, 3.63) is 17.3 Å². The molecule has 0 radical (unpaired) electrons. The molecule has 0 atom stereocenters. The molecule has 134 valence electrons. The van der Waals surface area contributed by atoms with Crippen LogP contribution in [0.5, 0.6) is 0 Å². The largest absolute Gasteiger partial charge is 0.445 e. The Morgan fingerprint density at radius 2 is 1.88 bits per heavy atom. The van der Waals surface area contributed by atoms with Crippen molar-refractivity contribution in [3.8, 4) is 0 Å². The molecule has 1 fully saturated rings. The molecule has 0 spiro atoms. The number of hydrogen-bond donors (Lipinski definition) is 1. The molecule has 1 aliphatic rings. The van der Waals surface area contributed by atoms with Gasteiger partial charge in [-0.3, -0.25) is 14.5 Å². The van der Waals surface area contributed by atoms with Crippen molar-refractivity contribution in [2.45, 2.75) is 46.6 Å². The normalized spacial score (nSPS) is 16.2. The average molecular weight is 336 g/mol. The Labute approximate surface area is 143 Å². The first-order valence-electron chi connectivity index (χ1n) is 8.69. The molecule has 2 rings (SSSR count). The summed E-state index contributed by atoms with van der Waals surface area (Å²) >= 11 is 0. The van der Waals surface area contributed by atoms with E-state index < -0.39 is 0 Å². The Bertz CT molecular complexity index is 572. The highest BCUT2D eigenvalue weighted by Crippen LogP contribution is 2.13. The lowest BCUT2D eigenvalue weighted by atomic mass is 10.0. The summed E-state index contributed by atoms with van der Waals surface area (Å²) in [5, 5.41) is 3.02. The van der Waals surface area contributed by atoms with Gasteiger partial charge in [0.15, 0.2) is 11.6 Å². The zero-order chi connectivity index (χ0) is 17.7. The van der Waals surface area contributed by atoms with Crippen LogP contribution in [-0.4, -0.2) is 65.4 Å². The van der Waals surface area contributed by atoms with Crippen molar-refractivity contribution in [1.29, 1.82) is 0 Å². The van der Waals surface area contributed by atoms with Crippen molar-refractivity contribution in [2.24, 2.45) is 0 Å². The van der Waals surface area contributed by atoms with E-state index in [4.69, 9.17) is 4.42 Å². The van der Waals surface area contributed by atoms with E-state index in [0.717, 1.165) is 39.0 Å². The molecule has 0 saturated carbocycles. The van der Waals surface area contributed by atoms with Crippen molar-refractivity contribution in [2.75, 3.05) is 32.7 Å². The number of rotatable bonds is 6. The first-order chi connectivity index (χ1) is 11.4. The first kappa shape index (κ1) is 18.4. The smallest absolute Gasteiger partial charge is 0.273 e. The fraction of sp³-hybridized carbons (Fsp3) is 0.706. The van der Waals surface area contributed by atoms with Gasteiger partial charge >= 0.3 is 0 Å². The number of amides is 2. The summed E-state index contributed by atoms with van der Waals surface area (Å²) in [5.74, 6) is 1.05. The monoisotopic (exact) mass is 336 g/mol. The van der Waals surface area contributed by atoms with Gasteiger partial charge < -0.3 is 14.6 Å². The van der Waals surface area contributed by atoms with Crippen molar-refractivity contribution < 1.29 is 14.0 Å². The number of carbonyl (C=O) groups excluding carboxylic acids is 2. The maximum Gasteiger partial charge on any atom is 0.273 e. The number of carbonyl (C=O) groups is 2. The molecule has 1 aliphatic heterocycles. The van der Waals surface area contributed by atoms with Crippen LogP contribution in [0.25, 0.3) is 0 Å². The number of oxazole rings is 1. The highest BCUT2D eigenvalue weighted by atomic mass is 16.4. The lowest BCUT2D eigenvalue weighted by Gasteiger charge is -2.33. The Morgan fingerprint density at radius 3 is 2.38 bits per heavy atom. The third kappa shape index (κ3) is 4.56. The first-order valence-corrected chi connectivity index (χ1v) is 8.69. The maximum absolute atomic E-state index is 12.3. The van der Waals surface area contributed by atoms with E-state index in [1.807, 2.05) is 18.7 Å². The van der Waals surface area contributed by atoms with E-state index in [1.165, 1.54) is 0 Å². The van der Waals surface area contributed by atoms with Crippen LogP contribution in [0.3, 0.4) is 0 Å². The highest BCUT2D eigenvalue weighted by Gasteiger charge is 2.25. The van der Waals surface area contributed by atoms with Gasteiger partial charge in [-0.15, -0.1) is 0 Å². The van der Waals surface area contributed by atoms with E-state index in [0.29, 0.717) is 23.9 Å². The third-order valence-corrected chi connectivity index (χ3v) is 4.52. The van der Waals surface area contributed by atoms with Crippen LogP contribution in [0, 0.1) is 13.8 Å². The number of hydrogen-bond acceptors (Lipinski definition) is 5. The van der Waals surface area contributed by atoms with E-state index in [1.54, 1.807) is 13.8 Å². The second-order valence-corrected chi connectivity index (χ2v) is 6.23. The molecular formula is C17H28N4O3. The second-order valence-electron chi connectivity index (χ2n) is 6.23. The van der Waals surface area contributed by atoms with Crippen LogP contribution in [0.4, 0.5) is 0 Å². The number of nitrogens with one attached hydrogen (secondary N) is 1. The summed E-state index contributed by atoms with van der Waals surface area (Å²) in [6.07, 6.45) is 1.68. The molecule has 2 amide bonds. The fourth-order valence-corrected chi connectivity index (χ4v) is 3.10. The molecule has 7 heteroatoms. The SMILES string of the molecule is CCN(CC)C(=O)CN1CCC(NC(=O)c2nc(C)oc2C)CC1. The Balaban J connectivity index is 1.79. The predicted octanol–water partition coefficient (Wildman–Crippen LogP) is 1.35. The molecule has 0 unspecified atom stereocenters. The minimum Gasteiger partial charge on any atom is -0.445 e. The molecule has 1 saturated heterocycles. The lowest BCUT2D eigenvalue weighted by molar-refractivity contribution is -0.132.